The molecule has 1 aliphatic heterocycles. The molecule has 0 spiro atoms. The maximum atomic E-state index is 12.2. The molecule has 1 fully saturated rings. The minimum atomic E-state index is -0.0266. The predicted octanol–water partition coefficient (Wildman–Crippen LogP) is 3.41. The van der Waals surface area contributed by atoms with Gasteiger partial charge in [0.2, 0.25) is 5.91 Å². The van der Waals surface area contributed by atoms with Crippen LogP contribution in [-0.2, 0) is 11.3 Å². The van der Waals surface area contributed by atoms with Gasteiger partial charge < -0.3 is 20.3 Å². The lowest BCUT2D eigenvalue weighted by Crippen LogP contribution is -2.32. The number of carbonyl (C=O) groups is 1. The second-order valence-electron chi connectivity index (χ2n) is 6.55. The molecule has 2 aromatic carbocycles. The van der Waals surface area contributed by atoms with E-state index in [0.717, 1.165) is 30.1 Å². The van der Waals surface area contributed by atoms with Gasteiger partial charge in [-0.05, 0) is 49.1 Å². The third kappa shape index (κ3) is 4.91. The molecule has 0 aliphatic carbocycles. The van der Waals surface area contributed by atoms with Crippen molar-refractivity contribution in [3.63, 3.8) is 0 Å². The summed E-state index contributed by atoms with van der Waals surface area (Å²) in [6, 6.07) is 15.9. The Morgan fingerprint density at radius 2 is 1.88 bits per heavy atom. The van der Waals surface area contributed by atoms with Gasteiger partial charge in [-0.15, -0.1) is 0 Å². The van der Waals surface area contributed by atoms with Crippen molar-refractivity contribution < 1.29 is 9.53 Å². The molecule has 0 radical (unpaired) electrons. The molecular weight excluding hydrogens is 326 g/mol. The van der Waals surface area contributed by atoms with Crippen molar-refractivity contribution >= 4 is 17.3 Å². The number of hydrogen-bond donors (Lipinski definition) is 2. The third-order valence-corrected chi connectivity index (χ3v) is 4.66. The molecule has 3 rings (SSSR count). The number of anilines is 2. The maximum absolute atomic E-state index is 12.2. The van der Waals surface area contributed by atoms with Gasteiger partial charge in [0.1, 0.15) is 5.75 Å². The SMILES string of the molecule is COc1cccc(CNC(=O)CNc2ccccc2N2CCCCC2)c1. The number of piperidine rings is 1. The molecule has 1 heterocycles. The van der Waals surface area contributed by atoms with Crippen molar-refractivity contribution in [2.24, 2.45) is 0 Å². The zero-order valence-corrected chi connectivity index (χ0v) is 15.3. The quantitative estimate of drug-likeness (QED) is 0.801. The van der Waals surface area contributed by atoms with Crippen LogP contribution >= 0.6 is 0 Å². The zero-order valence-electron chi connectivity index (χ0n) is 15.3. The first-order valence-electron chi connectivity index (χ1n) is 9.24. The number of nitrogens with zero attached hydrogens (tertiary/aromatic N) is 1. The first kappa shape index (κ1) is 18.1. The average molecular weight is 353 g/mol. The number of carbonyl (C=O) groups excluding carboxylic acids is 1. The fourth-order valence-electron chi connectivity index (χ4n) is 3.25. The van der Waals surface area contributed by atoms with E-state index in [1.165, 1.54) is 24.9 Å². The Kier molecular flexibility index (Phi) is 6.36. The Morgan fingerprint density at radius 3 is 2.69 bits per heavy atom. The number of nitrogens with one attached hydrogen (secondary N) is 2. The van der Waals surface area contributed by atoms with Gasteiger partial charge >= 0.3 is 0 Å². The summed E-state index contributed by atoms with van der Waals surface area (Å²) in [5, 5.41) is 6.24. The number of methoxy groups -OCH3 is 1. The van der Waals surface area contributed by atoms with E-state index in [1.807, 2.05) is 36.4 Å². The minimum Gasteiger partial charge on any atom is -0.497 e. The van der Waals surface area contributed by atoms with E-state index in [2.05, 4.69) is 27.7 Å². The molecule has 2 aromatic rings. The highest BCUT2D eigenvalue weighted by Crippen LogP contribution is 2.27. The van der Waals surface area contributed by atoms with Crippen LogP contribution in [0.15, 0.2) is 48.5 Å². The van der Waals surface area contributed by atoms with E-state index in [0.29, 0.717) is 6.54 Å². The van der Waals surface area contributed by atoms with Crippen molar-refractivity contribution in [3.8, 4) is 5.75 Å². The highest BCUT2D eigenvalue weighted by Gasteiger charge is 2.14. The van der Waals surface area contributed by atoms with Gasteiger partial charge in [0.25, 0.3) is 0 Å². The molecule has 1 amide bonds. The Morgan fingerprint density at radius 1 is 1.08 bits per heavy atom. The van der Waals surface area contributed by atoms with Crippen LogP contribution in [0.25, 0.3) is 0 Å². The Bertz CT molecular complexity index is 727. The van der Waals surface area contributed by atoms with Crippen LogP contribution in [0.1, 0.15) is 24.8 Å². The van der Waals surface area contributed by atoms with Crippen LogP contribution in [0.2, 0.25) is 0 Å². The lowest BCUT2D eigenvalue weighted by atomic mass is 10.1. The number of ether oxygens (including phenoxy) is 1. The molecule has 0 aromatic heterocycles. The van der Waals surface area contributed by atoms with Crippen molar-refractivity contribution in [2.75, 3.05) is 37.0 Å². The van der Waals surface area contributed by atoms with Crippen molar-refractivity contribution in [3.05, 3.63) is 54.1 Å². The predicted molar refractivity (Wildman–Crippen MR) is 106 cm³/mol. The monoisotopic (exact) mass is 353 g/mol. The summed E-state index contributed by atoms with van der Waals surface area (Å²) >= 11 is 0. The summed E-state index contributed by atoms with van der Waals surface area (Å²) in [4.78, 5) is 14.6. The Labute approximate surface area is 155 Å². The number of hydrogen-bond acceptors (Lipinski definition) is 4. The van der Waals surface area contributed by atoms with Gasteiger partial charge in [-0.2, -0.15) is 0 Å². The second kappa shape index (κ2) is 9.13. The molecule has 2 N–H and O–H groups in total. The molecule has 138 valence electrons. The lowest BCUT2D eigenvalue weighted by molar-refractivity contribution is -0.119. The van der Waals surface area contributed by atoms with Crippen LogP contribution < -0.4 is 20.3 Å². The smallest absolute Gasteiger partial charge is 0.239 e. The van der Waals surface area contributed by atoms with Crippen LogP contribution in [0.5, 0.6) is 5.75 Å². The first-order chi connectivity index (χ1) is 12.8. The van der Waals surface area contributed by atoms with Crippen molar-refractivity contribution in [1.82, 2.24) is 5.32 Å². The highest BCUT2D eigenvalue weighted by atomic mass is 16.5. The number of para-hydroxylation sites is 2. The fraction of sp³-hybridized carbons (Fsp3) is 0.381. The molecular formula is C21H27N3O2. The first-order valence-corrected chi connectivity index (χ1v) is 9.24. The van der Waals surface area contributed by atoms with E-state index < -0.39 is 0 Å². The zero-order chi connectivity index (χ0) is 18.2. The van der Waals surface area contributed by atoms with Crippen LogP contribution in [0.4, 0.5) is 11.4 Å². The summed E-state index contributed by atoms with van der Waals surface area (Å²) in [5.74, 6) is 0.770. The van der Waals surface area contributed by atoms with Crippen molar-refractivity contribution in [1.29, 1.82) is 0 Å². The summed E-state index contributed by atoms with van der Waals surface area (Å²) in [7, 11) is 1.64. The summed E-state index contributed by atoms with van der Waals surface area (Å²) in [5.41, 5.74) is 3.23. The topological polar surface area (TPSA) is 53.6 Å². The largest absolute Gasteiger partial charge is 0.497 e. The molecule has 0 atom stereocenters. The van der Waals surface area contributed by atoms with E-state index in [-0.39, 0.29) is 12.5 Å². The van der Waals surface area contributed by atoms with Crippen LogP contribution in [0.3, 0.4) is 0 Å². The maximum Gasteiger partial charge on any atom is 0.239 e. The Balaban J connectivity index is 1.53. The molecule has 1 aliphatic rings. The highest BCUT2D eigenvalue weighted by molar-refractivity contribution is 5.82. The summed E-state index contributed by atoms with van der Waals surface area (Å²) < 4.78 is 5.21. The molecule has 0 unspecified atom stereocenters. The Hall–Kier alpha value is -2.69. The molecule has 5 nitrogen and oxygen atoms in total. The van der Waals surface area contributed by atoms with Crippen LogP contribution in [0, 0.1) is 0 Å². The van der Waals surface area contributed by atoms with Gasteiger partial charge in [-0.25, -0.2) is 0 Å². The van der Waals surface area contributed by atoms with E-state index in [1.54, 1.807) is 7.11 Å². The van der Waals surface area contributed by atoms with Crippen LogP contribution in [-0.4, -0.2) is 32.7 Å². The third-order valence-electron chi connectivity index (χ3n) is 4.66. The number of amides is 1. The van der Waals surface area contributed by atoms with Gasteiger partial charge in [-0.1, -0.05) is 24.3 Å². The molecule has 5 heteroatoms. The fourth-order valence-corrected chi connectivity index (χ4v) is 3.25. The molecule has 0 saturated carbocycles. The summed E-state index contributed by atoms with van der Waals surface area (Å²) in [6.07, 6.45) is 3.77. The molecule has 1 saturated heterocycles. The standard InChI is InChI=1S/C21H27N3O2/c1-26-18-9-7-8-17(14-18)15-23-21(25)16-22-19-10-3-4-11-20(19)24-12-5-2-6-13-24/h3-4,7-11,14,22H,2,5-6,12-13,15-16H2,1H3,(H,23,25). The second-order valence-corrected chi connectivity index (χ2v) is 6.55. The van der Waals surface area contributed by atoms with E-state index in [4.69, 9.17) is 4.74 Å². The summed E-state index contributed by atoms with van der Waals surface area (Å²) in [6.45, 7) is 2.92. The van der Waals surface area contributed by atoms with Gasteiger partial charge in [0.15, 0.2) is 0 Å². The average Bonchev–Trinajstić information content (AvgIpc) is 2.71. The number of rotatable bonds is 7. The molecule has 26 heavy (non-hydrogen) atoms. The van der Waals surface area contributed by atoms with E-state index in [9.17, 15) is 4.79 Å². The molecule has 0 bridgehead atoms. The van der Waals surface area contributed by atoms with Gasteiger partial charge in [0.05, 0.1) is 25.0 Å². The normalized spacial score (nSPS) is 14.0. The minimum absolute atomic E-state index is 0.0266. The van der Waals surface area contributed by atoms with E-state index >= 15 is 0 Å². The van der Waals surface area contributed by atoms with Gasteiger partial charge in [-0.3, -0.25) is 4.79 Å². The van der Waals surface area contributed by atoms with Gasteiger partial charge in [0, 0.05) is 19.6 Å². The number of benzene rings is 2. The lowest BCUT2D eigenvalue weighted by Gasteiger charge is -2.30. The van der Waals surface area contributed by atoms with Crippen molar-refractivity contribution in [2.45, 2.75) is 25.8 Å².